The second kappa shape index (κ2) is 2.15. The summed E-state index contributed by atoms with van der Waals surface area (Å²) in [6, 6.07) is 0. The Labute approximate surface area is 48.7 Å². The van der Waals surface area contributed by atoms with E-state index in [0.29, 0.717) is 0 Å². The van der Waals surface area contributed by atoms with Gasteiger partial charge in [0.1, 0.15) is 0 Å². The van der Waals surface area contributed by atoms with Crippen LogP contribution < -0.4 is 0 Å². The Bertz CT molecular complexity index is 103. The molecule has 8 heavy (non-hydrogen) atoms. The minimum absolute atomic E-state index is 0.764. The number of hydrogen-bond acceptors (Lipinski definition) is 3. The van der Waals surface area contributed by atoms with Crippen molar-refractivity contribution in [3.63, 3.8) is 0 Å². The van der Waals surface area contributed by atoms with Crippen LogP contribution in [0.25, 0.3) is 0 Å². The van der Waals surface area contributed by atoms with Gasteiger partial charge in [0.2, 0.25) is 0 Å². The SMILES string of the molecule is CCN1CC=CN1[O-]. The van der Waals surface area contributed by atoms with Gasteiger partial charge in [0.15, 0.2) is 0 Å². The van der Waals surface area contributed by atoms with Crippen molar-refractivity contribution >= 4 is 0 Å². The van der Waals surface area contributed by atoms with Crippen LogP contribution >= 0.6 is 0 Å². The Morgan fingerprint density at radius 1 is 1.75 bits per heavy atom. The molecule has 0 saturated heterocycles. The molecule has 0 aromatic rings. The molecule has 1 heterocycles. The molecule has 3 nitrogen and oxygen atoms in total. The van der Waals surface area contributed by atoms with E-state index in [1.165, 1.54) is 6.20 Å². The Balaban J connectivity index is 2.38. The Morgan fingerprint density at radius 3 is 2.75 bits per heavy atom. The highest BCUT2D eigenvalue weighted by molar-refractivity contribution is 4.91. The Kier molecular flexibility index (Phi) is 1.50. The summed E-state index contributed by atoms with van der Waals surface area (Å²) < 4.78 is 0. The van der Waals surface area contributed by atoms with Crippen LogP contribution in [0.4, 0.5) is 0 Å². The van der Waals surface area contributed by atoms with Crippen molar-refractivity contribution in [2.45, 2.75) is 6.92 Å². The fraction of sp³-hybridized carbons (Fsp3) is 0.600. The van der Waals surface area contributed by atoms with Gasteiger partial charge in [-0.2, -0.15) is 0 Å². The van der Waals surface area contributed by atoms with Crippen molar-refractivity contribution in [3.8, 4) is 0 Å². The zero-order chi connectivity index (χ0) is 5.98. The molecular formula is C5H9N2O-. The highest BCUT2D eigenvalue weighted by atomic mass is 16.5. The van der Waals surface area contributed by atoms with Crippen LogP contribution in [-0.4, -0.2) is 23.3 Å². The van der Waals surface area contributed by atoms with Crippen LogP contribution in [-0.2, 0) is 0 Å². The van der Waals surface area contributed by atoms with Crippen LogP contribution in [0.2, 0.25) is 0 Å². The van der Waals surface area contributed by atoms with E-state index in [0.717, 1.165) is 18.3 Å². The molecule has 0 aliphatic carbocycles. The first kappa shape index (κ1) is 5.59. The van der Waals surface area contributed by atoms with Crippen LogP contribution in [0.15, 0.2) is 12.3 Å². The summed E-state index contributed by atoms with van der Waals surface area (Å²) in [5.74, 6) is 0. The maximum absolute atomic E-state index is 10.6. The molecule has 0 bridgehead atoms. The van der Waals surface area contributed by atoms with Gasteiger partial charge in [-0.05, 0) is 0 Å². The number of nitrogens with zero attached hydrogens (tertiary/aromatic N) is 2. The smallest absolute Gasteiger partial charge is 0.0370 e. The van der Waals surface area contributed by atoms with Crippen molar-refractivity contribution in [2.75, 3.05) is 13.1 Å². The van der Waals surface area contributed by atoms with Crippen LogP contribution in [0, 0.1) is 5.21 Å². The molecule has 1 rings (SSSR count). The van der Waals surface area contributed by atoms with Gasteiger partial charge < -0.3 is 10.4 Å². The van der Waals surface area contributed by atoms with Gasteiger partial charge in [-0.25, -0.2) is 5.01 Å². The molecule has 0 radical (unpaired) electrons. The van der Waals surface area contributed by atoms with Gasteiger partial charge in [-0.1, -0.05) is 13.0 Å². The first-order valence-corrected chi connectivity index (χ1v) is 2.72. The van der Waals surface area contributed by atoms with Crippen LogP contribution in [0.1, 0.15) is 6.92 Å². The molecule has 1 aliphatic rings. The lowest BCUT2D eigenvalue weighted by Gasteiger charge is -2.32. The third-order valence-electron chi connectivity index (χ3n) is 1.19. The maximum atomic E-state index is 10.6. The predicted molar refractivity (Wildman–Crippen MR) is 31.6 cm³/mol. The van der Waals surface area contributed by atoms with E-state index < -0.39 is 0 Å². The zero-order valence-corrected chi connectivity index (χ0v) is 4.87. The molecule has 3 heteroatoms. The molecule has 0 fully saturated rings. The summed E-state index contributed by atoms with van der Waals surface area (Å²) in [6.07, 6.45) is 3.38. The topological polar surface area (TPSA) is 29.5 Å². The largest absolute Gasteiger partial charge is 0.743 e. The normalized spacial score (nSPS) is 20.5. The van der Waals surface area contributed by atoms with E-state index in [2.05, 4.69) is 0 Å². The van der Waals surface area contributed by atoms with E-state index in [1.54, 1.807) is 5.01 Å². The molecular weight excluding hydrogens is 104 g/mol. The molecule has 0 N–H and O–H groups in total. The summed E-state index contributed by atoms with van der Waals surface area (Å²) in [4.78, 5) is 0. The van der Waals surface area contributed by atoms with Crippen molar-refractivity contribution < 1.29 is 0 Å². The molecule has 0 saturated carbocycles. The molecule has 0 atom stereocenters. The average Bonchev–Trinajstić information content (AvgIpc) is 2.14. The first-order chi connectivity index (χ1) is 3.84. The van der Waals surface area contributed by atoms with Crippen LogP contribution in [0.3, 0.4) is 0 Å². The van der Waals surface area contributed by atoms with Crippen molar-refractivity contribution in [2.24, 2.45) is 0 Å². The van der Waals surface area contributed by atoms with E-state index in [9.17, 15) is 5.21 Å². The molecule has 0 unspecified atom stereocenters. The van der Waals surface area contributed by atoms with E-state index in [4.69, 9.17) is 0 Å². The third-order valence-corrected chi connectivity index (χ3v) is 1.19. The monoisotopic (exact) mass is 113 g/mol. The highest BCUT2D eigenvalue weighted by Crippen LogP contribution is 2.02. The van der Waals surface area contributed by atoms with Gasteiger partial charge in [-0.3, -0.25) is 0 Å². The quantitative estimate of drug-likeness (QED) is 0.497. The second-order valence-corrected chi connectivity index (χ2v) is 1.69. The molecule has 1 aliphatic heterocycles. The lowest BCUT2D eigenvalue weighted by atomic mass is 10.6. The van der Waals surface area contributed by atoms with E-state index in [-0.39, 0.29) is 0 Å². The molecule has 46 valence electrons. The maximum Gasteiger partial charge on any atom is 0.0370 e. The number of likely N-dealkylation sites (N-methyl/N-ethyl adjacent to an activating group) is 1. The highest BCUT2D eigenvalue weighted by Gasteiger charge is 2.02. The Hall–Kier alpha value is -0.540. The predicted octanol–water partition coefficient (Wildman–Crippen LogP) is 0.550. The molecule has 0 amide bonds. The average molecular weight is 113 g/mol. The summed E-state index contributed by atoms with van der Waals surface area (Å²) in [7, 11) is 0. The standard InChI is InChI=1S/C5H9N2O/c1-2-6-4-3-5-7(6)8/h3,5H,2,4H2,1H3/q-1. The van der Waals surface area contributed by atoms with Crippen molar-refractivity contribution in [1.29, 1.82) is 0 Å². The molecule has 0 spiro atoms. The first-order valence-electron chi connectivity index (χ1n) is 2.72. The number of hydrogen-bond donors (Lipinski definition) is 0. The summed E-state index contributed by atoms with van der Waals surface area (Å²) in [5.41, 5.74) is 0. The lowest BCUT2D eigenvalue weighted by Crippen LogP contribution is -2.30. The van der Waals surface area contributed by atoms with Gasteiger partial charge in [0, 0.05) is 19.3 Å². The molecule has 0 aromatic carbocycles. The van der Waals surface area contributed by atoms with Gasteiger partial charge in [0.25, 0.3) is 0 Å². The van der Waals surface area contributed by atoms with Crippen molar-refractivity contribution in [3.05, 3.63) is 17.5 Å². The minimum atomic E-state index is 0.764. The van der Waals surface area contributed by atoms with Gasteiger partial charge in [0.05, 0.1) is 0 Å². The van der Waals surface area contributed by atoms with Crippen molar-refractivity contribution in [1.82, 2.24) is 10.2 Å². The fourth-order valence-corrected chi connectivity index (χ4v) is 0.702. The third kappa shape index (κ3) is 0.827. The minimum Gasteiger partial charge on any atom is -0.743 e. The van der Waals surface area contributed by atoms with E-state index >= 15 is 0 Å². The lowest BCUT2D eigenvalue weighted by molar-refractivity contribution is 0.112. The molecule has 0 aromatic heterocycles. The zero-order valence-electron chi connectivity index (χ0n) is 4.87. The number of rotatable bonds is 1. The van der Waals surface area contributed by atoms with Crippen LogP contribution in [0.5, 0.6) is 0 Å². The summed E-state index contributed by atoms with van der Waals surface area (Å²) in [5, 5.41) is 13.1. The van der Waals surface area contributed by atoms with Gasteiger partial charge in [-0.15, -0.1) is 0 Å². The fourth-order valence-electron chi connectivity index (χ4n) is 0.702. The number of hydroxylamine groups is 1. The van der Waals surface area contributed by atoms with Gasteiger partial charge >= 0.3 is 0 Å². The Morgan fingerprint density at radius 2 is 2.50 bits per heavy atom. The summed E-state index contributed by atoms with van der Waals surface area (Å²) in [6.45, 7) is 3.51. The number of hydrazine groups is 1. The second-order valence-electron chi connectivity index (χ2n) is 1.69. The van der Waals surface area contributed by atoms with E-state index in [1.807, 2.05) is 13.0 Å². The summed E-state index contributed by atoms with van der Waals surface area (Å²) >= 11 is 0.